The predicted octanol–water partition coefficient (Wildman–Crippen LogP) is 4.44. The highest BCUT2D eigenvalue weighted by molar-refractivity contribution is 5.92. The maximum atomic E-state index is 13.0. The van der Waals surface area contributed by atoms with Crippen LogP contribution in [-0.4, -0.2) is 19.2 Å². The van der Waals surface area contributed by atoms with Gasteiger partial charge < -0.3 is 14.5 Å². The molecule has 0 saturated heterocycles. The largest absolute Gasteiger partial charge is 0.493 e. The van der Waals surface area contributed by atoms with Crippen molar-refractivity contribution in [3.8, 4) is 5.75 Å². The Kier molecular flexibility index (Phi) is 5.74. The number of nitrogens with one attached hydrogen (secondary N) is 1. The summed E-state index contributed by atoms with van der Waals surface area (Å²) in [7, 11) is 0. The van der Waals surface area contributed by atoms with Gasteiger partial charge in [0, 0.05) is 11.6 Å². The zero-order valence-corrected chi connectivity index (χ0v) is 15.4. The fourth-order valence-electron chi connectivity index (χ4n) is 3.06. The van der Waals surface area contributed by atoms with Gasteiger partial charge in [0.25, 0.3) is 0 Å². The lowest BCUT2D eigenvalue weighted by Gasteiger charge is -2.14. The number of para-hydroxylation sites is 1. The van der Waals surface area contributed by atoms with E-state index in [4.69, 9.17) is 9.15 Å². The number of rotatable bonds is 8. The van der Waals surface area contributed by atoms with E-state index in [2.05, 4.69) is 25.7 Å². The molecule has 0 unspecified atom stereocenters. The van der Waals surface area contributed by atoms with Crippen molar-refractivity contribution < 1.29 is 9.15 Å². The van der Waals surface area contributed by atoms with E-state index in [1.54, 1.807) is 12.1 Å². The molecular weight excluding hydrogens is 326 g/mol. The number of benzene rings is 2. The number of fused-ring (bicyclic) bond motifs is 2. The maximum absolute atomic E-state index is 13.0. The van der Waals surface area contributed by atoms with E-state index in [1.807, 2.05) is 30.3 Å². The van der Waals surface area contributed by atoms with Crippen LogP contribution in [0.5, 0.6) is 5.75 Å². The molecule has 1 N–H and O–H groups in total. The second-order valence-corrected chi connectivity index (χ2v) is 6.65. The van der Waals surface area contributed by atoms with Gasteiger partial charge in [-0.15, -0.1) is 6.58 Å². The molecule has 0 amide bonds. The van der Waals surface area contributed by atoms with Crippen LogP contribution in [0.2, 0.25) is 0 Å². The minimum absolute atomic E-state index is 0.0226. The molecule has 1 heterocycles. The summed E-state index contributed by atoms with van der Waals surface area (Å²) in [4.78, 5) is 13.0. The quantitative estimate of drug-likeness (QED) is 0.370. The van der Waals surface area contributed by atoms with E-state index in [0.29, 0.717) is 41.0 Å². The van der Waals surface area contributed by atoms with E-state index in [1.165, 1.54) is 0 Å². The van der Waals surface area contributed by atoms with Crippen molar-refractivity contribution in [1.82, 2.24) is 5.32 Å². The SMILES string of the molecule is C=CCc1c(OCCCNC(C)C)ccc2oc3ccccc3c(=O)c12. The van der Waals surface area contributed by atoms with E-state index in [0.717, 1.165) is 24.3 Å². The van der Waals surface area contributed by atoms with E-state index in [-0.39, 0.29) is 5.43 Å². The van der Waals surface area contributed by atoms with E-state index >= 15 is 0 Å². The van der Waals surface area contributed by atoms with Gasteiger partial charge in [-0.3, -0.25) is 4.79 Å². The lowest BCUT2D eigenvalue weighted by molar-refractivity contribution is 0.304. The molecule has 3 aromatic rings. The second-order valence-electron chi connectivity index (χ2n) is 6.65. The standard InChI is InChI=1S/C22H25NO3/c1-4-8-16-18(25-14-7-13-23-15(2)3)11-12-20-21(16)22(24)17-9-5-6-10-19(17)26-20/h4-6,9-12,15,23H,1,7-8,13-14H2,2-3H3. The summed E-state index contributed by atoms with van der Waals surface area (Å²) in [6, 6.07) is 11.5. The van der Waals surface area contributed by atoms with Crippen LogP contribution in [0.25, 0.3) is 21.9 Å². The first-order valence-corrected chi connectivity index (χ1v) is 9.06. The molecule has 0 bridgehead atoms. The van der Waals surface area contributed by atoms with Gasteiger partial charge in [-0.05, 0) is 43.7 Å². The normalized spacial score (nSPS) is 11.3. The van der Waals surface area contributed by atoms with Crippen molar-refractivity contribution >= 4 is 21.9 Å². The van der Waals surface area contributed by atoms with Crippen molar-refractivity contribution in [2.24, 2.45) is 0 Å². The minimum Gasteiger partial charge on any atom is -0.493 e. The maximum Gasteiger partial charge on any atom is 0.200 e. The molecule has 0 aliphatic heterocycles. The molecule has 0 atom stereocenters. The van der Waals surface area contributed by atoms with Gasteiger partial charge in [-0.1, -0.05) is 32.1 Å². The van der Waals surface area contributed by atoms with Crippen molar-refractivity contribution in [2.75, 3.05) is 13.2 Å². The van der Waals surface area contributed by atoms with Crippen molar-refractivity contribution in [2.45, 2.75) is 32.7 Å². The minimum atomic E-state index is -0.0226. The Morgan fingerprint density at radius 2 is 2.00 bits per heavy atom. The highest BCUT2D eigenvalue weighted by Gasteiger charge is 2.15. The first-order chi connectivity index (χ1) is 12.6. The summed E-state index contributed by atoms with van der Waals surface area (Å²) in [6.07, 6.45) is 3.24. The summed E-state index contributed by atoms with van der Waals surface area (Å²) >= 11 is 0. The zero-order valence-electron chi connectivity index (χ0n) is 15.4. The van der Waals surface area contributed by atoms with Gasteiger partial charge >= 0.3 is 0 Å². The van der Waals surface area contributed by atoms with Gasteiger partial charge in [0.15, 0.2) is 0 Å². The topological polar surface area (TPSA) is 51.5 Å². The molecule has 1 aromatic heterocycles. The molecule has 2 aromatic carbocycles. The third-order valence-electron chi connectivity index (χ3n) is 4.29. The van der Waals surface area contributed by atoms with Gasteiger partial charge in [0.1, 0.15) is 16.9 Å². The molecule has 0 aliphatic carbocycles. The highest BCUT2D eigenvalue weighted by Crippen LogP contribution is 2.29. The van der Waals surface area contributed by atoms with Crippen LogP contribution in [0.15, 0.2) is 58.3 Å². The van der Waals surface area contributed by atoms with Crippen LogP contribution in [0.3, 0.4) is 0 Å². The zero-order chi connectivity index (χ0) is 18.5. The summed E-state index contributed by atoms with van der Waals surface area (Å²) in [5.41, 5.74) is 2.00. The van der Waals surface area contributed by atoms with E-state index in [9.17, 15) is 4.79 Å². The number of ether oxygens (including phenoxy) is 1. The number of hydrogen-bond acceptors (Lipinski definition) is 4. The molecule has 0 spiro atoms. The molecule has 0 aliphatic rings. The van der Waals surface area contributed by atoms with Gasteiger partial charge in [-0.25, -0.2) is 0 Å². The van der Waals surface area contributed by atoms with Gasteiger partial charge in [0.05, 0.1) is 17.4 Å². The van der Waals surface area contributed by atoms with Crippen LogP contribution in [0.1, 0.15) is 25.8 Å². The Labute approximate surface area is 153 Å². The van der Waals surface area contributed by atoms with Crippen LogP contribution in [0.4, 0.5) is 0 Å². The van der Waals surface area contributed by atoms with Crippen LogP contribution >= 0.6 is 0 Å². The Hall–Kier alpha value is -2.59. The first-order valence-electron chi connectivity index (χ1n) is 9.06. The average molecular weight is 351 g/mol. The molecule has 0 fully saturated rings. The summed E-state index contributed by atoms with van der Waals surface area (Å²) in [5.74, 6) is 0.726. The van der Waals surface area contributed by atoms with Crippen LogP contribution in [0, 0.1) is 0 Å². The Morgan fingerprint density at radius 3 is 2.77 bits per heavy atom. The molecule has 4 nitrogen and oxygen atoms in total. The molecule has 3 rings (SSSR count). The van der Waals surface area contributed by atoms with Crippen LogP contribution in [-0.2, 0) is 6.42 Å². The molecular formula is C22H25NO3. The Morgan fingerprint density at radius 1 is 1.19 bits per heavy atom. The molecule has 0 saturated carbocycles. The van der Waals surface area contributed by atoms with Gasteiger partial charge in [0.2, 0.25) is 5.43 Å². The lowest BCUT2D eigenvalue weighted by atomic mass is 10.0. The number of allylic oxidation sites excluding steroid dienone is 1. The van der Waals surface area contributed by atoms with Crippen molar-refractivity contribution in [3.05, 3.63) is 64.8 Å². The molecule has 136 valence electrons. The third-order valence-corrected chi connectivity index (χ3v) is 4.29. The Balaban J connectivity index is 1.97. The Bertz CT molecular complexity index is 972. The van der Waals surface area contributed by atoms with Crippen molar-refractivity contribution in [3.63, 3.8) is 0 Å². The molecule has 4 heteroatoms. The first kappa shape index (κ1) is 18.2. The molecule has 0 radical (unpaired) electrons. The monoisotopic (exact) mass is 351 g/mol. The fourth-order valence-corrected chi connectivity index (χ4v) is 3.06. The third kappa shape index (κ3) is 3.81. The molecule has 26 heavy (non-hydrogen) atoms. The second kappa shape index (κ2) is 8.19. The van der Waals surface area contributed by atoms with E-state index < -0.39 is 0 Å². The summed E-state index contributed by atoms with van der Waals surface area (Å²) in [5, 5.41) is 4.54. The number of hydrogen-bond donors (Lipinski definition) is 1. The average Bonchev–Trinajstić information content (AvgIpc) is 2.63. The fraction of sp³-hybridized carbons (Fsp3) is 0.318. The highest BCUT2D eigenvalue weighted by atomic mass is 16.5. The van der Waals surface area contributed by atoms with Crippen molar-refractivity contribution in [1.29, 1.82) is 0 Å². The summed E-state index contributed by atoms with van der Waals surface area (Å²) in [6.45, 7) is 9.56. The summed E-state index contributed by atoms with van der Waals surface area (Å²) < 4.78 is 11.9. The lowest BCUT2D eigenvalue weighted by Crippen LogP contribution is -2.24. The van der Waals surface area contributed by atoms with Gasteiger partial charge in [-0.2, -0.15) is 0 Å². The smallest absolute Gasteiger partial charge is 0.200 e. The van der Waals surface area contributed by atoms with Crippen LogP contribution < -0.4 is 15.5 Å². The predicted molar refractivity (Wildman–Crippen MR) is 107 cm³/mol.